The van der Waals surface area contributed by atoms with Crippen LogP contribution in [0.4, 0.5) is 0 Å². The molecule has 0 spiro atoms. The molecule has 0 aromatic carbocycles. The predicted molar refractivity (Wildman–Crippen MR) is 199 cm³/mol. The van der Waals surface area contributed by atoms with Crippen molar-refractivity contribution in [1.82, 2.24) is 5.32 Å². The summed E-state index contributed by atoms with van der Waals surface area (Å²) in [7, 11) is 0. The topological polar surface area (TPSA) is 99.0 Å². The minimum atomic E-state index is -1.28. The Labute approximate surface area is 291 Å². The normalized spacial score (nSPS) is 20.6. The lowest BCUT2D eigenvalue weighted by molar-refractivity contribution is -0.202. The molecule has 0 bridgehead atoms. The monoisotopic (exact) mass is 666 g/mol. The number of unbranched alkanes of at least 4 members (excludes halogenated alkanes) is 25. The second-order valence-electron chi connectivity index (χ2n) is 14.6. The first-order valence-corrected chi connectivity index (χ1v) is 20.6. The standard InChI is InChI=1S/C41H79NO5/c1-3-5-7-9-11-13-15-17-19-20-22-24-26-28-30-32-34-42-41(46)36(40-39(45)38(44)37(43)35-47-40)33-31-29-27-25-23-21-18-16-14-12-10-8-6-4-2/h18,21,36-40,43-45H,3-17,19-20,22-35H2,1-2H3,(H,42,46)/b21-18-/t36?,37-,38-,39+,40?/m1/s1. The van der Waals surface area contributed by atoms with E-state index in [1.807, 2.05) is 0 Å². The van der Waals surface area contributed by atoms with Crippen LogP contribution in [0.1, 0.15) is 200 Å². The van der Waals surface area contributed by atoms with E-state index >= 15 is 0 Å². The largest absolute Gasteiger partial charge is 0.388 e. The molecule has 6 nitrogen and oxygen atoms in total. The Morgan fingerprint density at radius 2 is 1.00 bits per heavy atom. The molecule has 0 radical (unpaired) electrons. The summed E-state index contributed by atoms with van der Waals surface area (Å²) < 4.78 is 5.73. The summed E-state index contributed by atoms with van der Waals surface area (Å²) in [6.07, 6.45) is 36.5. The Hall–Kier alpha value is -0.950. The summed E-state index contributed by atoms with van der Waals surface area (Å²) in [4.78, 5) is 13.2. The van der Waals surface area contributed by atoms with Crippen molar-refractivity contribution in [2.24, 2.45) is 5.92 Å². The highest BCUT2D eigenvalue weighted by Crippen LogP contribution is 2.26. The Morgan fingerprint density at radius 1 is 0.596 bits per heavy atom. The van der Waals surface area contributed by atoms with Gasteiger partial charge in [-0.1, -0.05) is 174 Å². The van der Waals surface area contributed by atoms with E-state index in [1.165, 1.54) is 135 Å². The van der Waals surface area contributed by atoms with Gasteiger partial charge in [-0.15, -0.1) is 0 Å². The van der Waals surface area contributed by atoms with Crippen LogP contribution < -0.4 is 5.32 Å². The predicted octanol–water partition coefficient (Wildman–Crippen LogP) is 10.1. The minimum Gasteiger partial charge on any atom is -0.388 e. The number of aliphatic hydroxyl groups excluding tert-OH is 3. The van der Waals surface area contributed by atoms with Crippen LogP contribution in [0.2, 0.25) is 0 Å². The highest BCUT2D eigenvalue weighted by molar-refractivity contribution is 5.79. The highest BCUT2D eigenvalue weighted by atomic mass is 16.5. The molecule has 1 heterocycles. The molecule has 278 valence electrons. The molecular formula is C41H79NO5. The maximum absolute atomic E-state index is 13.2. The third-order valence-corrected chi connectivity index (χ3v) is 10.1. The van der Waals surface area contributed by atoms with Gasteiger partial charge in [-0.25, -0.2) is 0 Å². The number of carbonyl (C=O) groups excluding carboxylic acids is 1. The highest BCUT2D eigenvalue weighted by Gasteiger charge is 2.43. The number of hydrogen-bond donors (Lipinski definition) is 4. The zero-order chi connectivity index (χ0) is 34.2. The number of allylic oxidation sites excluding steroid dienone is 2. The number of aliphatic hydroxyl groups is 3. The first-order valence-electron chi connectivity index (χ1n) is 20.6. The van der Waals surface area contributed by atoms with Gasteiger partial charge in [-0.3, -0.25) is 4.79 Å². The van der Waals surface area contributed by atoms with Crippen molar-refractivity contribution in [2.45, 2.75) is 224 Å². The average molecular weight is 666 g/mol. The van der Waals surface area contributed by atoms with E-state index in [-0.39, 0.29) is 12.5 Å². The fourth-order valence-corrected chi connectivity index (χ4v) is 6.90. The maximum Gasteiger partial charge on any atom is 0.225 e. The van der Waals surface area contributed by atoms with Crippen molar-refractivity contribution in [3.63, 3.8) is 0 Å². The summed E-state index contributed by atoms with van der Waals surface area (Å²) in [5.74, 6) is -0.623. The Morgan fingerprint density at radius 3 is 1.47 bits per heavy atom. The summed E-state index contributed by atoms with van der Waals surface area (Å²) in [6, 6.07) is 0. The number of rotatable bonds is 33. The molecule has 6 heteroatoms. The zero-order valence-corrected chi connectivity index (χ0v) is 31.1. The number of amides is 1. The number of ether oxygens (including phenoxy) is 1. The minimum absolute atomic E-state index is 0.0587. The van der Waals surface area contributed by atoms with Gasteiger partial charge in [0.25, 0.3) is 0 Å². The lowest BCUT2D eigenvalue weighted by Gasteiger charge is -2.38. The summed E-state index contributed by atoms with van der Waals surface area (Å²) in [5, 5.41) is 33.9. The first-order chi connectivity index (χ1) is 23.0. The molecule has 1 saturated heterocycles. The molecule has 5 atom stereocenters. The SMILES string of the molecule is CCCCCCCC/C=C\CCCCCCC(C(=O)NCCCCCCCCCCCCCCCCCC)C1OC[C@@H](O)[C@@H](O)[C@@H]1O. The van der Waals surface area contributed by atoms with Gasteiger partial charge < -0.3 is 25.4 Å². The van der Waals surface area contributed by atoms with Crippen LogP contribution in [0, 0.1) is 5.92 Å². The van der Waals surface area contributed by atoms with E-state index in [4.69, 9.17) is 4.74 Å². The van der Waals surface area contributed by atoms with Gasteiger partial charge in [-0.2, -0.15) is 0 Å². The van der Waals surface area contributed by atoms with Gasteiger partial charge in [0.1, 0.15) is 18.3 Å². The van der Waals surface area contributed by atoms with Gasteiger partial charge in [0.05, 0.1) is 18.6 Å². The molecule has 0 aliphatic carbocycles. The lowest BCUT2D eigenvalue weighted by atomic mass is 9.86. The van der Waals surface area contributed by atoms with Crippen LogP contribution in [0.15, 0.2) is 12.2 Å². The average Bonchev–Trinajstić information content (AvgIpc) is 3.07. The van der Waals surface area contributed by atoms with Crippen molar-refractivity contribution in [3.8, 4) is 0 Å². The fourth-order valence-electron chi connectivity index (χ4n) is 6.90. The van der Waals surface area contributed by atoms with Crippen molar-refractivity contribution < 1.29 is 24.9 Å². The molecule has 1 amide bonds. The van der Waals surface area contributed by atoms with Crippen molar-refractivity contribution >= 4 is 5.91 Å². The molecule has 0 aromatic heterocycles. The van der Waals surface area contributed by atoms with E-state index in [9.17, 15) is 20.1 Å². The molecule has 1 fully saturated rings. The lowest BCUT2D eigenvalue weighted by Crippen LogP contribution is -2.57. The van der Waals surface area contributed by atoms with Gasteiger partial charge in [0.2, 0.25) is 5.91 Å². The van der Waals surface area contributed by atoms with E-state index in [0.29, 0.717) is 13.0 Å². The van der Waals surface area contributed by atoms with Gasteiger partial charge in [0, 0.05) is 6.54 Å². The molecule has 2 unspecified atom stereocenters. The third-order valence-electron chi connectivity index (χ3n) is 10.1. The smallest absolute Gasteiger partial charge is 0.225 e. The van der Waals surface area contributed by atoms with E-state index in [2.05, 4.69) is 31.3 Å². The van der Waals surface area contributed by atoms with E-state index in [1.54, 1.807) is 0 Å². The van der Waals surface area contributed by atoms with Crippen LogP contribution in [-0.4, -0.2) is 58.8 Å². The molecule has 1 rings (SSSR count). The molecule has 0 aromatic rings. The molecular weight excluding hydrogens is 586 g/mol. The summed E-state index contributed by atoms with van der Waals surface area (Å²) in [6.45, 7) is 5.11. The second-order valence-corrected chi connectivity index (χ2v) is 14.6. The van der Waals surface area contributed by atoms with Crippen molar-refractivity contribution in [1.29, 1.82) is 0 Å². The Bertz CT molecular complexity index is 716. The maximum atomic E-state index is 13.2. The van der Waals surface area contributed by atoms with E-state index in [0.717, 1.165) is 44.9 Å². The number of nitrogens with one attached hydrogen (secondary N) is 1. The number of hydrogen-bond acceptors (Lipinski definition) is 5. The van der Waals surface area contributed by atoms with Crippen molar-refractivity contribution in [2.75, 3.05) is 13.2 Å². The van der Waals surface area contributed by atoms with E-state index < -0.39 is 30.3 Å². The number of carbonyl (C=O) groups is 1. The fraction of sp³-hybridized carbons (Fsp3) is 0.927. The summed E-state index contributed by atoms with van der Waals surface area (Å²) in [5.41, 5.74) is 0. The van der Waals surface area contributed by atoms with Gasteiger partial charge in [0.15, 0.2) is 0 Å². The van der Waals surface area contributed by atoms with Crippen LogP contribution in [-0.2, 0) is 9.53 Å². The summed E-state index contributed by atoms with van der Waals surface area (Å²) >= 11 is 0. The molecule has 1 aliphatic rings. The van der Waals surface area contributed by atoms with Crippen LogP contribution in [0.5, 0.6) is 0 Å². The molecule has 4 N–H and O–H groups in total. The first kappa shape index (κ1) is 44.1. The van der Waals surface area contributed by atoms with Crippen LogP contribution in [0.25, 0.3) is 0 Å². The van der Waals surface area contributed by atoms with Gasteiger partial charge >= 0.3 is 0 Å². The molecule has 0 saturated carbocycles. The zero-order valence-electron chi connectivity index (χ0n) is 31.1. The van der Waals surface area contributed by atoms with Gasteiger partial charge in [-0.05, 0) is 38.5 Å². The molecule has 1 aliphatic heterocycles. The van der Waals surface area contributed by atoms with Crippen LogP contribution >= 0.6 is 0 Å². The second kappa shape index (κ2) is 32.3. The van der Waals surface area contributed by atoms with Crippen LogP contribution in [0.3, 0.4) is 0 Å². The molecule has 47 heavy (non-hydrogen) atoms. The Kier molecular flexibility index (Phi) is 30.3. The Balaban J connectivity index is 2.19. The third kappa shape index (κ3) is 23.9. The van der Waals surface area contributed by atoms with Crippen molar-refractivity contribution in [3.05, 3.63) is 12.2 Å². The quantitative estimate of drug-likeness (QED) is 0.0413.